The summed E-state index contributed by atoms with van der Waals surface area (Å²) in [6, 6.07) is 13.8. The first kappa shape index (κ1) is 21.8. The van der Waals surface area contributed by atoms with Crippen LogP contribution in [0.15, 0.2) is 42.5 Å². The molecular formula is C23H31N3O4. The van der Waals surface area contributed by atoms with Crippen LogP contribution >= 0.6 is 0 Å². The van der Waals surface area contributed by atoms with E-state index in [9.17, 15) is 4.79 Å². The van der Waals surface area contributed by atoms with Gasteiger partial charge in [-0.05, 0) is 42.8 Å². The molecule has 1 amide bonds. The van der Waals surface area contributed by atoms with Gasteiger partial charge in [-0.15, -0.1) is 0 Å². The summed E-state index contributed by atoms with van der Waals surface area (Å²) in [5.74, 6) is 2.23. The number of carbonyl (C=O) groups is 1. The maximum atomic E-state index is 10.9. The summed E-state index contributed by atoms with van der Waals surface area (Å²) < 4.78 is 16.9. The summed E-state index contributed by atoms with van der Waals surface area (Å²) >= 11 is 0. The monoisotopic (exact) mass is 413 g/mol. The number of hydrogen-bond acceptors (Lipinski definition) is 6. The Balaban J connectivity index is 1.64. The van der Waals surface area contributed by atoms with E-state index in [0.29, 0.717) is 13.0 Å². The Bertz CT molecular complexity index is 835. The lowest BCUT2D eigenvalue weighted by Gasteiger charge is -2.36. The average Bonchev–Trinajstić information content (AvgIpc) is 2.78. The lowest BCUT2D eigenvalue weighted by Crippen LogP contribution is -2.46. The van der Waals surface area contributed by atoms with Crippen molar-refractivity contribution >= 4 is 11.6 Å². The first-order valence-corrected chi connectivity index (χ1v) is 10.3. The number of benzene rings is 2. The van der Waals surface area contributed by atoms with Gasteiger partial charge in [0.2, 0.25) is 5.91 Å². The van der Waals surface area contributed by atoms with Gasteiger partial charge in [0, 0.05) is 38.7 Å². The summed E-state index contributed by atoms with van der Waals surface area (Å²) in [5, 5.41) is 0. The lowest BCUT2D eigenvalue weighted by molar-refractivity contribution is -0.118. The van der Waals surface area contributed by atoms with E-state index in [2.05, 4.69) is 9.80 Å². The molecule has 3 rings (SSSR count). The summed E-state index contributed by atoms with van der Waals surface area (Å²) in [7, 11) is 3.33. The van der Waals surface area contributed by atoms with E-state index in [1.54, 1.807) is 14.2 Å². The van der Waals surface area contributed by atoms with Crippen molar-refractivity contribution in [2.75, 3.05) is 51.8 Å². The number of nitrogens with two attached hydrogens (primary N) is 1. The number of carbonyl (C=O) groups excluding carboxylic acids is 1. The van der Waals surface area contributed by atoms with Crippen LogP contribution in [0.2, 0.25) is 0 Å². The van der Waals surface area contributed by atoms with Crippen molar-refractivity contribution in [3.05, 3.63) is 48.0 Å². The van der Waals surface area contributed by atoms with Gasteiger partial charge >= 0.3 is 0 Å². The van der Waals surface area contributed by atoms with Crippen LogP contribution in [0.5, 0.6) is 17.2 Å². The van der Waals surface area contributed by atoms with Gasteiger partial charge in [-0.2, -0.15) is 0 Å². The van der Waals surface area contributed by atoms with Crippen LogP contribution < -0.4 is 24.8 Å². The third-order valence-corrected chi connectivity index (χ3v) is 5.31. The molecule has 0 aromatic heterocycles. The smallest absolute Gasteiger partial charge is 0.217 e. The summed E-state index contributed by atoms with van der Waals surface area (Å²) in [4.78, 5) is 15.6. The van der Waals surface area contributed by atoms with Crippen LogP contribution in [-0.4, -0.2) is 57.8 Å². The highest BCUT2D eigenvalue weighted by Crippen LogP contribution is 2.34. The fraction of sp³-hybridized carbons (Fsp3) is 0.435. The zero-order valence-electron chi connectivity index (χ0n) is 17.8. The minimum absolute atomic E-state index is 0.233. The second-order valence-corrected chi connectivity index (χ2v) is 7.37. The number of nitrogens with zero attached hydrogens (tertiary/aromatic N) is 2. The Morgan fingerprint density at radius 3 is 2.43 bits per heavy atom. The molecule has 0 atom stereocenters. The van der Waals surface area contributed by atoms with E-state index in [1.807, 2.05) is 42.5 Å². The fourth-order valence-electron chi connectivity index (χ4n) is 3.61. The van der Waals surface area contributed by atoms with E-state index >= 15 is 0 Å². The molecule has 0 unspecified atom stereocenters. The molecule has 2 aromatic rings. The number of piperazine rings is 1. The van der Waals surface area contributed by atoms with Crippen molar-refractivity contribution in [2.45, 2.75) is 19.4 Å². The largest absolute Gasteiger partial charge is 0.497 e. The molecule has 1 saturated heterocycles. The SMILES string of the molecule is COc1cccc(COc2ccc(OC)cc2N2CCN(CCCC(N)=O)CC2)c1. The summed E-state index contributed by atoms with van der Waals surface area (Å²) in [5.41, 5.74) is 7.33. The highest BCUT2D eigenvalue weighted by Gasteiger charge is 2.20. The van der Waals surface area contributed by atoms with Gasteiger partial charge in [-0.3, -0.25) is 9.69 Å². The summed E-state index contributed by atoms with van der Waals surface area (Å²) in [6.45, 7) is 5.01. The molecule has 1 heterocycles. The standard InChI is InChI=1S/C23H31N3O4/c1-28-19-6-3-5-18(15-19)17-30-22-9-8-20(29-2)16-21(22)26-13-11-25(12-14-26)10-4-7-23(24)27/h3,5-6,8-9,15-16H,4,7,10-14,17H2,1-2H3,(H2,24,27). The molecule has 0 radical (unpaired) electrons. The Labute approximate surface area is 178 Å². The maximum absolute atomic E-state index is 10.9. The minimum Gasteiger partial charge on any atom is -0.497 e. The lowest BCUT2D eigenvalue weighted by atomic mass is 10.2. The number of rotatable bonds is 10. The molecule has 0 saturated carbocycles. The highest BCUT2D eigenvalue weighted by atomic mass is 16.5. The van der Waals surface area contributed by atoms with Gasteiger partial charge in [-0.1, -0.05) is 12.1 Å². The fourth-order valence-corrected chi connectivity index (χ4v) is 3.61. The molecule has 0 bridgehead atoms. The van der Waals surface area contributed by atoms with Gasteiger partial charge < -0.3 is 24.8 Å². The first-order valence-electron chi connectivity index (χ1n) is 10.3. The molecule has 2 N–H and O–H groups in total. The molecule has 7 nitrogen and oxygen atoms in total. The Kier molecular flexibility index (Phi) is 7.79. The van der Waals surface area contributed by atoms with Crippen LogP contribution in [-0.2, 0) is 11.4 Å². The van der Waals surface area contributed by atoms with Crippen molar-refractivity contribution in [1.29, 1.82) is 0 Å². The zero-order valence-corrected chi connectivity index (χ0v) is 17.8. The average molecular weight is 414 g/mol. The van der Waals surface area contributed by atoms with Gasteiger partial charge in [-0.25, -0.2) is 0 Å². The van der Waals surface area contributed by atoms with Crippen LogP contribution in [0.1, 0.15) is 18.4 Å². The molecule has 0 aliphatic carbocycles. The molecular weight excluding hydrogens is 382 g/mol. The topological polar surface area (TPSA) is 77.3 Å². The third kappa shape index (κ3) is 6.03. The third-order valence-electron chi connectivity index (χ3n) is 5.31. The second kappa shape index (κ2) is 10.7. The number of amides is 1. The van der Waals surface area contributed by atoms with Crippen LogP contribution in [0, 0.1) is 0 Å². The predicted molar refractivity (Wildman–Crippen MR) is 117 cm³/mol. The van der Waals surface area contributed by atoms with E-state index in [0.717, 1.165) is 67.6 Å². The number of primary amides is 1. The maximum Gasteiger partial charge on any atom is 0.217 e. The van der Waals surface area contributed by atoms with E-state index in [1.165, 1.54) is 0 Å². The van der Waals surface area contributed by atoms with E-state index in [-0.39, 0.29) is 5.91 Å². The van der Waals surface area contributed by atoms with E-state index < -0.39 is 0 Å². The molecule has 0 spiro atoms. The molecule has 30 heavy (non-hydrogen) atoms. The van der Waals surface area contributed by atoms with Gasteiger partial charge in [0.25, 0.3) is 0 Å². The van der Waals surface area contributed by atoms with Crippen LogP contribution in [0.4, 0.5) is 5.69 Å². The molecule has 2 aromatic carbocycles. The predicted octanol–water partition coefficient (Wildman–Crippen LogP) is 2.67. The molecule has 162 valence electrons. The van der Waals surface area contributed by atoms with Gasteiger partial charge in [0.15, 0.2) is 0 Å². The van der Waals surface area contributed by atoms with Crippen LogP contribution in [0.3, 0.4) is 0 Å². The quantitative estimate of drug-likeness (QED) is 0.645. The first-order chi connectivity index (χ1) is 14.6. The van der Waals surface area contributed by atoms with Crippen molar-refractivity contribution in [3.63, 3.8) is 0 Å². The zero-order chi connectivity index (χ0) is 21.3. The molecule has 7 heteroatoms. The summed E-state index contributed by atoms with van der Waals surface area (Å²) in [6.07, 6.45) is 1.25. The normalized spacial score (nSPS) is 14.4. The molecule has 1 fully saturated rings. The number of anilines is 1. The van der Waals surface area contributed by atoms with Gasteiger partial charge in [0.05, 0.1) is 19.9 Å². The van der Waals surface area contributed by atoms with Gasteiger partial charge in [0.1, 0.15) is 23.9 Å². The Morgan fingerprint density at radius 1 is 1.00 bits per heavy atom. The number of hydrogen-bond donors (Lipinski definition) is 1. The highest BCUT2D eigenvalue weighted by molar-refractivity contribution is 5.73. The number of methoxy groups -OCH3 is 2. The molecule has 1 aliphatic heterocycles. The van der Waals surface area contributed by atoms with E-state index in [4.69, 9.17) is 19.9 Å². The minimum atomic E-state index is -0.233. The Hall–Kier alpha value is -2.93. The number of ether oxygens (including phenoxy) is 3. The van der Waals surface area contributed by atoms with Crippen molar-refractivity contribution in [2.24, 2.45) is 5.73 Å². The molecule has 1 aliphatic rings. The van der Waals surface area contributed by atoms with Crippen molar-refractivity contribution in [3.8, 4) is 17.2 Å². The van der Waals surface area contributed by atoms with Crippen LogP contribution in [0.25, 0.3) is 0 Å². The second-order valence-electron chi connectivity index (χ2n) is 7.37. The van der Waals surface area contributed by atoms with Crippen molar-refractivity contribution in [1.82, 2.24) is 4.90 Å². The van der Waals surface area contributed by atoms with Crippen molar-refractivity contribution < 1.29 is 19.0 Å². The Morgan fingerprint density at radius 2 is 1.73 bits per heavy atom.